The molecule has 0 radical (unpaired) electrons. The van der Waals surface area contributed by atoms with Crippen molar-refractivity contribution >= 4 is 5.91 Å². The largest absolute Gasteiger partial charge is 0.347 e. The normalized spacial score (nSPS) is 20.1. The second-order valence-corrected chi connectivity index (χ2v) is 12.9. The lowest BCUT2D eigenvalue weighted by Crippen LogP contribution is -2.41. The van der Waals surface area contributed by atoms with Crippen molar-refractivity contribution in [2.45, 2.75) is 83.8 Å². The van der Waals surface area contributed by atoms with Crippen LogP contribution < -0.4 is 0 Å². The zero-order valence-electron chi connectivity index (χ0n) is 24.6. The number of piperidine rings is 1. The Morgan fingerprint density at radius 1 is 0.878 bits per heavy atom. The van der Waals surface area contributed by atoms with Crippen LogP contribution in [0.2, 0.25) is 0 Å². The number of benzene rings is 1. The minimum Gasteiger partial charge on any atom is -0.347 e. The topological polar surface area (TPSA) is 84.2 Å². The highest BCUT2D eigenvalue weighted by atomic mass is 16.2. The molecule has 8 nitrogen and oxygen atoms in total. The molecule has 3 aromatic rings. The van der Waals surface area contributed by atoms with Crippen LogP contribution in [0.1, 0.15) is 91.8 Å². The van der Waals surface area contributed by atoms with Gasteiger partial charge in [-0.05, 0) is 87.3 Å². The van der Waals surface area contributed by atoms with E-state index in [-0.39, 0.29) is 5.91 Å². The number of imidazole rings is 2. The molecule has 220 valence electrons. The zero-order valence-corrected chi connectivity index (χ0v) is 24.6. The molecule has 3 fully saturated rings. The minimum atomic E-state index is -0.0185. The van der Waals surface area contributed by atoms with Gasteiger partial charge in [0.25, 0.3) is 5.91 Å². The van der Waals surface area contributed by atoms with Gasteiger partial charge in [-0.3, -0.25) is 9.69 Å². The monoisotopic (exact) mass is 557 g/mol. The minimum absolute atomic E-state index is 0.0185. The Balaban J connectivity index is 0.972. The highest BCUT2D eigenvalue weighted by Crippen LogP contribution is 2.41. The molecule has 0 bridgehead atoms. The first kappa shape index (κ1) is 28.2. The van der Waals surface area contributed by atoms with Crippen molar-refractivity contribution < 1.29 is 4.79 Å². The first-order valence-electron chi connectivity index (χ1n) is 15.9. The standard InChI is InChI=1S/C33H47N7O/c41-32(40(24-30-34-15-16-35-30)25-31-36-17-18-37-31)29-10-8-28(9-11-29)23-39-22-14-33(26-39)12-20-38(21-13-33)19-4-7-27-5-2-1-3-6-27/h8-11,15-18,27H,1-7,12-14,19-26H2,(H,34,35)(H,36,37). The van der Waals surface area contributed by atoms with Gasteiger partial charge in [-0.15, -0.1) is 0 Å². The number of rotatable bonds is 11. The molecule has 1 saturated carbocycles. The fourth-order valence-electron chi connectivity index (χ4n) is 7.42. The van der Waals surface area contributed by atoms with Crippen LogP contribution in [-0.2, 0) is 19.6 Å². The molecular formula is C33H47N7O. The molecule has 0 unspecified atom stereocenters. The molecule has 1 aromatic carbocycles. The predicted octanol–water partition coefficient (Wildman–Crippen LogP) is 5.62. The van der Waals surface area contributed by atoms with E-state index >= 15 is 0 Å². The van der Waals surface area contributed by atoms with Gasteiger partial charge in [0, 0.05) is 43.4 Å². The van der Waals surface area contributed by atoms with Crippen LogP contribution in [0.4, 0.5) is 0 Å². The van der Waals surface area contributed by atoms with Gasteiger partial charge in [0.05, 0.1) is 13.1 Å². The van der Waals surface area contributed by atoms with Crippen LogP contribution >= 0.6 is 0 Å². The van der Waals surface area contributed by atoms with Crippen molar-refractivity contribution in [3.8, 4) is 0 Å². The Kier molecular flexibility index (Phi) is 9.16. The maximum Gasteiger partial charge on any atom is 0.254 e. The summed E-state index contributed by atoms with van der Waals surface area (Å²) in [5, 5.41) is 0. The molecule has 41 heavy (non-hydrogen) atoms. The fraction of sp³-hybridized carbons (Fsp3) is 0.606. The van der Waals surface area contributed by atoms with Crippen LogP contribution in [0, 0.1) is 11.3 Å². The molecule has 1 spiro atoms. The fourth-order valence-corrected chi connectivity index (χ4v) is 7.42. The number of hydrogen-bond acceptors (Lipinski definition) is 5. The number of hydrogen-bond donors (Lipinski definition) is 2. The Hall–Kier alpha value is -2.97. The Morgan fingerprint density at radius 2 is 1.51 bits per heavy atom. The third-order valence-corrected chi connectivity index (χ3v) is 9.93. The third-order valence-electron chi connectivity index (χ3n) is 9.93. The summed E-state index contributed by atoms with van der Waals surface area (Å²) < 4.78 is 0. The molecule has 2 aliphatic heterocycles. The van der Waals surface area contributed by atoms with Gasteiger partial charge in [-0.2, -0.15) is 0 Å². The van der Waals surface area contributed by atoms with Crippen LogP contribution in [0.15, 0.2) is 49.1 Å². The van der Waals surface area contributed by atoms with E-state index in [9.17, 15) is 4.79 Å². The maximum absolute atomic E-state index is 13.5. The second kappa shape index (κ2) is 13.3. The lowest BCUT2D eigenvalue weighted by molar-refractivity contribution is 0.0721. The third kappa shape index (κ3) is 7.46. The van der Waals surface area contributed by atoms with E-state index in [1.807, 2.05) is 12.1 Å². The van der Waals surface area contributed by atoms with Crippen LogP contribution in [0.5, 0.6) is 0 Å². The van der Waals surface area contributed by atoms with Gasteiger partial charge in [0.2, 0.25) is 0 Å². The number of H-pyrrole nitrogens is 2. The Labute approximate surface area is 244 Å². The first-order chi connectivity index (χ1) is 20.1. The molecule has 0 atom stereocenters. The average molecular weight is 558 g/mol. The molecule has 2 saturated heterocycles. The van der Waals surface area contributed by atoms with E-state index in [0.717, 1.165) is 24.1 Å². The molecule has 4 heterocycles. The number of carbonyl (C=O) groups excluding carboxylic acids is 1. The summed E-state index contributed by atoms with van der Waals surface area (Å²) in [5.74, 6) is 2.51. The number of likely N-dealkylation sites (tertiary alicyclic amines) is 2. The first-order valence-corrected chi connectivity index (χ1v) is 15.9. The lowest BCUT2D eigenvalue weighted by Gasteiger charge is -2.39. The van der Waals surface area contributed by atoms with Gasteiger partial charge >= 0.3 is 0 Å². The summed E-state index contributed by atoms with van der Waals surface area (Å²) in [7, 11) is 0. The van der Waals surface area contributed by atoms with Crippen LogP contribution in [0.3, 0.4) is 0 Å². The highest BCUT2D eigenvalue weighted by Gasteiger charge is 2.40. The van der Waals surface area contributed by atoms with E-state index in [2.05, 4.69) is 41.9 Å². The Morgan fingerprint density at radius 3 is 2.12 bits per heavy atom. The molecule has 2 N–H and O–H groups in total. The van der Waals surface area contributed by atoms with Crippen LogP contribution in [0.25, 0.3) is 0 Å². The number of aromatic nitrogens is 4. The molecule has 1 amide bonds. The number of nitrogens with zero attached hydrogens (tertiary/aromatic N) is 5. The van der Waals surface area contributed by atoms with Gasteiger partial charge in [-0.25, -0.2) is 9.97 Å². The van der Waals surface area contributed by atoms with E-state index in [1.165, 1.54) is 102 Å². The maximum atomic E-state index is 13.5. The lowest BCUT2D eigenvalue weighted by atomic mass is 9.77. The summed E-state index contributed by atoms with van der Waals surface area (Å²) in [4.78, 5) is 35.5. The number of carbonyl (C=O) groups is 1. The molecular weight excluding hydrogens is 510 g/mol. The summed E-state index contributed by atoms with van der Waals surface area (Å²) >= 11 is 0. The van der Waals surface area contributed by atoms with Crippen molar-refractivity contribution in [2.24, 2.45) is 11.3 Å². The SMILES string of the molecule is O=C(c1ccc(CN2CCC3(CCN(CCCC4CCCCC4)CC3)C2)cc1)N(Cc1ncc[nH]1)Cc1ncc[nH]1. The van der Waals surface area contributed by atoms with Crippen molar-refractivity contribution in [3.63, 3.8) is 0 Å². The highest BCUT2D eigenvalue weighted by molar-refractivity contribution is 5.94. The van der Waals surface area contributed by atoms with Crippen molar-refractivity contribution in [1.82, 2.24) is 34.6 Å². The summed E-state index contributed by atoms with van der Waals surface area (Å²) in [6, 6.07) is 8.22. The van der Waals surface area contributed by atoms with Gasteiger partial charge in [-0.1, -0.05) is 44.2 Å². The molecule has 6 rings (SSSR count). The van der Waals surface area contributed by atoms with E-state index in [1.54, 1.807) is 29.7 Å². The smallest absolute Gasteiger partial charge is 0.254 e. The molecule has 3 aliphatic rings. The molecule has 2 aromatic heterocycles. The van der Waals surface area contributed by atoms with E-state index in [0.29, 0.717) is 24.1 Å². The van der Waals surface area contributed by atoms with E-state index < -0.39 is 0 Å². The number of amides is 1. The van der Waals surface area contributed by atoms with Gasteiger partial charge in [0.1, 0.15) is 11.6 Å². The second-order valence-electron chi connectivity index (χ2n) is 12.9. The van der Waals surface area contributed by atoms with Crippen LogP contribution in [-0.4, -0.2) is 73.3 Å². The number of aromatic amines is 2. The van der Waals surface area contributed by atoms with Crippen molar-refractivity contribution in [3.05, 3.63) is 71.8 Å². The number of nitrogens with one attached hydrogen (secondary N) is 2. The van der Waals surface area contributed by atoms with Crippen molar-refractivity contribution in [2.75, 3.05) is 32.7 Å². The zero-order chi connectivity index (χ0) is 27.9. The van der Waals surface area contributed by atoms with Crippen molar-refractivity contribution in [1.29, 1.82) is 0 Å². The summed E-state index contributed by atoms with van der Waals surface area (Å²) in [6.07, 6.45) is 21.2. The quantitative estimate of drug-likeness (QED) is 0.320. The Bertz CT molecular complexity index is 1160. The van der Waals surface area contributed by atoms with Gasteiger partial charge < -0.3 is 19.8 Å². The average Bonchev–Trinajstić information content (AvgIpc) is 3.79. The van der Waals surface area contributed by atoms with E-state index in [4.69, 9.17) is 0 Å². The summed E-state index contributed by atoms with van der Waals surface area (Å²) in [6.45, 7) is 8.03. The predicted molar refractivity (Wildman–Crippen MR) is 161 cm³/mol. The summed E-state index contributed by atoms with van der Waals surface area (Å²) in [5.41, 5.74) is 2.48. The molecule has 1 aliphatic carbocycles. The molecule has 8 heteroatoms. The van der Waals surface area contributed by atoms with Gasteiger partial charge in [0.15, 0.2) is 0 Å².